The molecule has 0 unspecified atom stereocenters. The molecule has 2 aliphatic rings. The first kappa shape index (κ1) is 12.9. The Morgan fingerprint density at radius 3 is 2.29 bits per heavy atom. The maximum Gasteiger partial charge on any atom is 0.0419 e. The number of nitrogens with zero attached hydrogens (tertiary/aromatic N) is 1. The second-order valence-electron chi connectivity index (χ2n) is 6.17. The number of hydrogen-bond donors (Lipinski definition) is 1. The Hall–Kier alpha value is -1.80. The molecule has 21 heavy (non-hydrogen) atoms. The Balaban J connectivity index is 1.51. The highest BCUT2D eigenvalue weighted by Gasteiger charge is 2.18. The van der Waals surface area contributed by atoms with Gasteiger partial charge in [-0.3, -0.25) is 4.90 Å². The summed E-state index contributed by atoms with van der Waals surface area (Å²) in [7, 11) is 0. The van der Waals surface area contributed by atoms with Gasteiger partial charge in [0.25, 0.3) is 0 Å². The summed E-state index contributed by atoms with van der Waals surface area (Å²) in [5.41, 5.74) is 7.44. The van der Waals surface area contributed by atoms with Crippen LogP contribution in [0.4, 0.5) is 5.69 Å². The monoisotopic (exact) mass is 278 g/mol. The molecule has 0 radical (unpaired) electrons. The zero-order valence-electron chi connectivity index (χ0n) is 12.4. The normalized spacial score (nSPS) is 17.7. The number of hydrogen-bond acceptors (Lipinski definition) is 2. The van der Waals surface area contributed by atoms with Crippen molar-refractivity contribution in [2.24, 2.45) is 0 Å². The second-order valence-corrected chi connectivity index (χ2v) is 6.17. The van der Waals surface area contributed by atoms with Crippen LogP contribution in [0.15, 0.2) is 42.5 Å². The topological polar surface area (TPSA) is 15.3 Å². The number of nitrogens with one attached hydrogen (secondary N) is 1. The molecule has 2 nitrogen and oxygen atoms in total. The Morgan fingerprint density at radius 2 is 1.52 bits per heavy atom. The van der Waals surface area contributed by atoms with E-state index < -0.39 is 0 Å². The number of benzene rings is 2. The fourth-order valence-electron chi connectivity index (χ4n) is 3.66. The van der Waals surface area contributed by atoms with Gasteiger partial charge in [-0.1, -0.05) is 42.5 Å². The van der Waals surface area contributed by atoms with Gasteiger partial charge in [0.15, 0.2) is 0 Å². The van der Waals surface area contributed by atoms with Crippen LogP contribution in [0.25, 0.3) is 0 Å². The van der Waals surface area contributed by atoms with Crippen LogP contribution in [-0.4, -0.2) is 24.5 Å². The maximum absolute atomic E-state index is 3.56. The molecule has 108 valence electrons. The van der Waals surface area contributed by atoms with Crippen LogP contribution in [0.1, 0.15) is 22.3 Å². The molecule has 2 heteroatoms. The Bertz CT molecular complexity index is 621. The molecule has 0 atom stereocenters. The van der Waals surface area contributed by atoms with Gasteiger partial charge in [-0.05, 0) is 41.5 Å². The molecule has 2 aliphatic heterocycles. The lowest BCUT2D eigenvalue weighted by Crippen LogP contribution is -2.26. The van der Waals surface area contributed by atoms with Gasteiger partial charge in [-0.2, -0.15) is 0 Å². The summed E-state index contributed by atoms with van der Waals surface area (Å²) in [4.78, 5) is 2.61. The van der Waals surface area contributed by atoms with E-state index in [1.54, 1.807) is 0 Å². The van der Waals surface area contributed by atoms with E-state index in [4.69, 9.17) is 0 Å². The smallest absolute Gasteiger partial charge is 0.0419 e. The molecular weight excluding hydrogens is 256 g/mol. The molecule has 2 aromatic carbocycles. The molecule has 0 spiro atoms. The van der Waals surface area contributed by atoms with Gasteiger partial charge in [-0.25, -0.2) is 0 Å². The van der Waals surface area contributed by atoms with Gasteiger partial charge in [0.1, 0.15) is 0 Å². The summed E-state index contributed by atoms with van der Waals surface area (Å²) >= 11 is 0. The van der Waals surface area contributed by atoms with Crippen molar-refractivity contribution in [1.82, 2.24) is 4.90 Å². The van der Waals surface area contributed by atoms with Crippen LogP contribution in [0, 0.1) is 0 Å². The Kier molecular flexibility index (Phi) is 3.40. The molecule has 0 saturated carbocycles. The van der Waals surface area contributed by atoms with E-state index in [2.05, 4.69) is 52.7 Å². The molecule has 0 saturated heterocycles. The third kappa shape index (κ3) is 2.56. The van der Waals surface area contributed by atoms with E-state index in [0.717, 1.165) is 13.1 Å². The van der Waals surface area contributed by atoms with Gasteiger partial charge in [0, 0.05) is 31.9 Å². The van der Waals surface area contributed by atoms with Gasteiger partial charge in [-0.15, -0.1) is 0 Å². The number of rotatable bonds is 2. The second kappa shape index (κ2) is 5.53. The van der Waals surface area contributed by atoms with Crippen LogP contribution in [-0.2, 0) is 25.8 Å². The van der Waals surface area contributed by atoms with Crippen LogP contribution in [0.2, 0.25) is 0 Å². The number of fused-ring (bicyclic) bond motifs is 2. The largest absolute Gasteiger partial charge is 0.384 e. The van der Waals surface area contributed by atoms with E-state index >= 15 is 0 Å². The Morgan fingerprint density at radius 1 is 0.810 bits per heavy atom. The van der Waals surface area contributed by atoms with Gasteiger partial charge >= 0.3 is 0 Å². The molecule has 0 amide bonds. The molecular formula is C19H22N2. The molecule has 2 aromatic rings. The van der Waals surface area contributed by atoms with Crippen molar-refractivity contribution in [1.29, 1.82) is 0 Å². The first-order valence-electron chi connectivity index (χ1n) is 8.04. The maximum atomic E-state index is 3.56. The Labute approximate surface area is 126 Å². The number of anilines is 1. The van der Waals surface area contributed by atoms with E-state index in [-0.39, 0.29) is 0 Å². The minimum atomic E-state index is 1.07. The van der Waals surface area contributed by atoms with E-state index in [0.29, 0.717) is 0 Å². The quantitative estimate of drug-likeness (QED) is 0.907. The summed E-state index contributed by atoms with van der Waals surface area (Å²) in [6.07, 6.45) is 3.53. The average molecular weight is 278 g/mol. The highest BCUT2D eigenvalue weighted by atomic mass is 15.1. The summed E-state index contributed by atoms with van der Waals surface area (Å²) in [6, 6.07) is 15.7. The summed E-state index contributed by atoms with van der Waals surface area (Å²) in [5, 5.41) is 3.56. The van der Waals surface area contributed by atoms with Gasteiger partial charge in [0.2, 0.25) is 0 Å². The highest BCUT2D eigenvalue weighted by Crippen LogP contribution is 2.28. The predicted octanol–water partition coefficient (Wildman–Crippen LogP) is 3.26. The summed E-state index contributed by atoms with van der Waals surface area (Å²) in [5.74, 6) is 0. The van der Waals surface area contributed by atoms with Crippen LogP contribution < -0.4 is 5.32 Å². The van der Waals surface area contributed by atoms with Crippen molar-refractivity contribution >= 4 is 5.69 Å². The van der Waals surface area contributed by atoms with Crippen LogP contribution in [0.5, 0.6) is 0 Å². The molecule has 2 heterocycles. The molecule has 0 fully saturated rings. The van der Waals surface area contributed by atoms with Crippen molar-refractivity contribution in [2.45, 2.75) is 25.8 Å². The van der Waals surface area contributed by atoms with Crippen molar-refractivity contribution in [2.75, 3.05) is 25.0 Å². The van der Waals surface area contributed by atoms with Crippen molar-refractivity contribution in [3.63, 3.8) is 0 Å². The van der Waals surface area contributed by atoms with Crippen molar-refractivity contribution in [3.8, 4) is 0 Å². The SMILES string of the molecule is c1ccc2c(c1)CCN(Cc1cccc3c1NCC3)CC2. The lowest BCUT2D eigenvalue weighted by Gasteiger charge is -2.21. The predicted molar refractivity (Wildman–Crippen MR) is 87.8 cm³/mol. The van der Waals surface area contributed by atoms with E-state index in [9.17, 15) is 0 Å². The molecule has 0 aromatic heterocycles. The zero-order chi connectivity index (χ0) is 14.1. The highest BCUT2D eigenvalue weighted by molar-refractivity contribution is 5.61. The average Bonchev–Trinajstić information content (AvgIpc) is 2.91. The zero-order valence-corrected chi connectivity index (χ0v) is 12.4. The standard InChI is InChI=1S/C19H22N2/c1-2-5-16-10-13-21(12-9-15(16)4-1)14-18-7-3-6-17-8-11-20-19(17)18/h1-7,20H,8-14H2. The third-order valence-electron chi connectivity index (χ3n) is 4.84. The minimum absolute atomic E-state index is 1.07. The number of para-hydroxylation sites is 1. The molecule has 0 bridgehead atoms. The molecule has 4 rings (SSSR count). The lowest BCUT2D eigenvalue weighted by atomic mass is 10.0. The first-order chi connectivity index (χ1) is 10.4. The van der Waals surface area contributed by atoms with Crippen LogP contribution >= 0.6 is 0 Å². The third-order valence-corrected chi connectivity index (χ3v) is 4.84. The fourth-order valence-corrected chi connectivity index (χ4v) is 3.66. The van der Waals surface area contributed by atoms with Crippen molar-refractivity contribution < 1.29 is 0 Å². The molecule has 1 N–H and O–H groups in total. The van der Waals surface area contributed by atoms with E-state index in [1.807, 2.05) is 0 Å². The lowest BCUT2D eigenvalue weighted by molar-refractivity contribution is 0.279. The first-order valence-corrected chi connectivity index (χ1v) is 8.04. The van der Waals surface area contributed by atoms with Crippen LogP contribution in [0.3, 0.4) is 0 Å². The van der Waals surface area contributed by atoms with Gasteiger partial charge in [0.05, 0.1) is 0 Å². The van der Waals surface area contributed by atoms with Gasteiger partial charge < -0.3 is 5.32 Å². The summed E-state index contributed by atoms with van der Waals surface area (Å²) < 4.78 is 0. The van der Waals surface area contributed by atoms with E-state index in [1.165, 1.54) is 60.3 Å². The van der Waals surface area contributed by atoms with Crippen molar-refractivity contribution in [3.05, 3.63) is 64.7 Å². The minimum Gasteiger partial charge on any atom is -0.384 e. The summed E-state index contributed by atoms with van der Waals surface area (Å²) in [6.45, 7) is 4.50. The fraction of sp³-hybridized carbons (Fsp3) is 0.368. The molecule has 0 aliphatic carbocycles.